The Morgan fingerprint density at radius 3 is 2.25 bits per heavy atom. The Kier molecular flexibility index (Phi) is 2.60. The number of aromatic hydroxyl groups is 1. The van der Waals surface area contributed by atoms with Crippen molar-refractivity contribution in [1.82, 2.24) is 0 Å². The first-order valence-corrected chi connectivity index (χ1v) is 4.87. The Morgan fingerprint density at radius 2 is 1.69 bits per heavy atom. The van der Waals surface area contributed by atoms with E-state index in [-0.39, 0.29) is 11.3 Å². The van der Waals surface area contributed by atoms with E-state index in [9.17, 15) is 9.90 Å². The molecule has 3 heteroatoms. The quantitative estimate of drug-likeness (QED) is 0.802. The van der Waals surface area contributed by atoms with Crippen molar-refractivity contribution in [2.24, 2.45) is 5.73 Å². The van der Waals surface area contributed by atoms with Gasteiger partial charge < -0.3 is 10.8 Å². The van der Waals surface area contributed by atoms with Crippen molar-refractivity contribution in [1.29, 1.82) is 0 Å². The molecule has 1 amide bonds. The number of rotatable bonds is 2. The van der Waals surface area contributed by atoms with E-state index in [0.29, 0.717) is 0 Å². The molecule has 3 N–H and O–H groups in total. The number of carbonyl (C=O) groups is 1. The van der Waals surface area contributed by atoms with Gasteiger partial charge in [0, 0.05) is 0 Å². The summed E-state index contributed by atoms with van der Waals surface area (Å²) in [6, 6.07) is 14.4. The van der Waals surface area contributed by atoms with Crippen LogP contribution in [-0.4, -0.2) is 11.0 Å². The highest BCUT2D eigenvalue weighted by Crippen LogP contribution is 2.25. The highest BCUT2D eigenvalue weighted by molar-refractivity contribution is 5.96. The number of hydrogen-bond donors (Lipinski definition) is 2. The lowest BCUT2D eigenvalue weighted by Crippen LogP contribution is -2.10. The van der Waals surface area contributed by atoms with Crippen LogP contribution in [0.25, 0.3) is 11.1 Å². The third-order valence-electron chi connectivity index (χ3n) is 2.37. The summed E-state index contributed by atoms with van der Waals surface area (Å²) in [7, 11) is 0. The SMILES string of the molecule is NC(=O)c1ccc(-c2ccccc2)cc1O. The van der Waals surface area contributed by atoms with Crippen LogP contribution in [0.5, 0.6) is 5.75 Å². The van der Waals surface area contributed by atoms with Crippen LogP contribution in [0.4, 0.5) is 0 Å². The maximum absolute atomic E-state index is 10.9. The van der Waals surface area contributed by atoms with Gasteiger partial charge in [0.15, 0.2) is 0 Å². The second-order valence-electron chi connectivity index (χ2n) is 3.46. The lowest BCUT2D eigenvalue weighted by Gasteiger charge is -2.04. The molecule has 0 atom stereocenters. The molecule has 0 unspecified atom stereocenters. The smallest absolute Gasteiger partial charge is 0.252 e. The van der Waals surface area contributed by atoms with Crippen molar-refractivity contribution >= 4 is 5.91 Å². The molecule has 0 saturated heterocycles. The zero-order chi connectivity index (χ0) is 11.5. The normalized spacial score (nSPS) is 10.0. The summed E-state index contributed by atoms with van der Waals surface area (Å²) in [4.78, 5) is 10.9. The summed E-state index contributed by atoms with van der Waals surface area (Å²) in [5.41, 5.74) is 7.07. The molecule has 0 fully saturated rings. The van der Waals surface area contributed by atoms with Crippen LogP contribution in [0, 0.1) is 0 Å². The molecule has 0 bridgehead atoms. The number of amides is 1. The van der Waals surface area contributed by atoms with Crippen LogP contribution >= 0.6 is 0 Å². The van der Waals surface area contributed by atoms with Gasteiger partial charge in [-0.3, -0.25) is 4.79 Å². The summed E-state index contributed by atoms with van der Waals surface area (Å²) in [6.07, 6.45) is 0. The van der Waals surface area contributed by atoms with Gasteiger partial charge >= 0.3 is 0 Å². The van der Waals surface area contributed by atoms with Crippen LogP contribution in [0.3, 0.4) is 0 Å². The zero-order valence-corrected chi connectivity index (χ0v) is 8.55. The number of phenols is 1. The Morgan fingerprint density at radius 1 is 1.00 bits per heavy atom. The molecule has 0 heterocycles. The molecule has 2 aromatic carbocycles. The highest BCUT2D eigenvalue weighted by atomic mass is 16.3. The summed E-state index contributed by atoms with van der Waals surface area (Å²) in [5.74, 6) is -0.717. The second-order valence-corrected chi connectivity index (χ2v) is 3.46. The Bertz CT molecular complexity index is 521. The molecule has 0 radical (unpaired) electrons. The maximum Gasteiger partial charge on any atom is 0.252 e. The van der Waals surface area contributed by atoms with Crippen molar-refractivity contribution in [3.63, 3.8) is 0 Å². The minimum Gasteiger partial charge on any atom is -0.507 e. The highest BCUT2D eigenvalue weighted by Gasteiger charge is 2.08. The van der Waals surface area contributed by atoms with Crippen LogP contribution in [0.2, 0.25) is 0 Å². The molecule has 2 aromatic rings. The molecule has 2 rings (SSSR count). The maximum atomic E-state index is 10.9. The topological polar surface area (TPSA) is 63.3 Å². The summed E-state index contributed by atoms with van der Waals surface area (Å²) in [6.45, 7) is 0. The number of nitrogens with two attached hydrogens (primary N) is 1. The molecule has 0 saturated carbocycles. The van der Waals surface area contributed by atoms with E-state index in [2.05, 4.69) is 0 Å². The van der Waals surface area contributed by atoms with E-state index < -0.39 is 5.91 Å². The van der Waals surface area contributed by atoms with Gasteiger partial charge in [0.05, 0.1) is 5.56 Å². The molecule has 0 spiro atoms. The number of hydrogen-bond acceptors (Lipinski definition) is 2. The Balaban J connectivity index is 2.46. The number of carbonyl (C=O) groups excluding carboxylic acids is 1. The monoisotopic (exact) mass is 213 g/mol. The van der Waals surface area contributed by atoms with Gasteiger partial charge in [0.1, 0.15) is 5.75 Å². The lowest BCUT2D eigenvalue weighted by molar-refractivity contribution is 0.0998. The Labute approximate surface area is 93.1 Å². The van der Waals surface area contributed by atoms with E-state index in [1.165, 1.54) is 12.1 Å². The average molecular weight is 213 g/mol. The minimum absolute atomic E-state index is 0.0890. The van der Waals surface area contributed by atoms with Gasteiger partial charge in [-0.1, -0.05) is 36.4 Å². The van der Waals surface area contributed by atoms with Gasteiger partial charge in [-0.2, -0.15) is 0 Å². The molecule has 3 nitrogen and oxygen atoms in total. The van der Waals surface area contributed by atoms with Gasteiger partial charge in [-0.05, 0) is 23.3 Å². The van der Waals surface area contributed by atoms with Crippen molar-refractivity contribution in [2.45, 2.75) is 0 Å². The van der Waals surface area contributed by atoms with Crippen LogP contribution in [0.15, 0.2) is 48.5 Å². The van der Waals surface area contributed by atoms with Crippen molar-refractivity contribution < 1.29 is 9.90 Å². The minimum atomic E-state index is -0.628. The van der Waals surface area contributed by atoms with E-state index in [1.54, 1.807) is 6.07 Å². The van der Waals surface area contributed by atoms with Crippen LogP contribution in [-0.2, 0) is 0 Å². The summed E-state index contributed by atoms with van der Waals surface area (Å²) >= 11 is 0. The average Bonchev–Trinajstić information content (AvgIpc) is 2.29. The predicted octanol–water partition coefficient (Wildman–Crippen LogP) is 2.16. The molecule has 0 aromatic heterocycles. The van der Waals surface area contributed by atoms with Gasteiger partial charge in [-0.25, -0.2) is 0 Å². The first-order chi connectivity index (χ1) is 7.68. The number of primary amides is 1. The lowest BCUT2D eigenvalue weighted by atomic mass is 10.0. The standard InChI is InChI=1S/C13H11NO2/c14-13(16)11-7-6-10(8-12(11)15)9-4-2-1-3-5-9/h1-8,15H,(H2,14,16). The fourth-order valence-corrected chi connectivity index (χ4v) is 1.55. The summed E-state index contributed by atoms with van der Waals surface area (Å²) in [5, 5.41) is 9.62. The van der Waals surface area contributed by atoms with E-state index in [1.807, 2.05) is 30.3 Å². The molecule has 0 aliphatic rings. The molecule has 16 heavy (non-hydrogen) atoms. The Hall–Kier alpha value is -2.29. The number of benzene rings is 2. The largest absolute Gasteiger partial charge is 0.507 e. The fraction of sp³-hybridized carbons (Fsp3) is 0. The van der Waals surface area contributed by atoms with Crippen LogP contribution < -0.4 is 5.73 Å². The van der Waals surface area contributed by atoms with Gasteiger partial charge in [0.25, 0.3) is 5.91 Å². The van der Waals surface area contributed by atoms with Gasteiger partial charge in [-0.15, -0.1) is 0 Å². The molecule has 0 aliphatic heterocycles. The zero-order valence-electron chi connectivity index (χ0n) is 8.55. The van der Waals surface area contributed by atoms with Gasteiger partial charge in [0.2, 0.25) is 0 Å². The van der Waals surface area contributed by atoms with Crippen molar-refractivity contribution in [3.8, 4) is 16.9 Å². The van der Waals surface area contributed by atoms with Crippen LogP contribution in [0.1, 0.15) is 10.4 Å². The first-order valence-electron chi connectivity index (χ1n) is 4.87. The predicted molar refractivity (Wildman–Crippen MR) is 62.1 cm³/mol. The van der Waals surface area contributed by atoms with E-state index in [4.69, 9.17) is 5.73 Å². The fourth-order valence-electron chi connectivity index (χ4n) is 1.55. The first kappa shape index (κ1) is 10.2. The van der Waals surface area contributed by atoms with E-state index in [0.717, 1.165) is 11.1 Å². The third-order valence-corrected chi connectivity index (χ3v) is 2.37. The molecular weight excluding hydrogens is 202 g/mol. The molecular formula is C13H11NO2. The molecule has 80 valence electrons. The third kappa shape index (κ3) is 1.88. The van der Waals surface area contributed by atoms with E-state index >= 15 is 0 Å². The molecule has 0 aliphatic carbocycles. The van der Waals surface area contributed by atoms with Crippen molar-refractivity contribution in [3.05, 3.63) is 54.1 Å². The second kappa shape index (κ2) is 4.06. The summed E-state index contributed by atoms with van der Waals surface area (Å²) < 4.78 is 0. The van der Waals surface area contributed by atoms with Crippen molar-refractivity contribution in [2.75, 3.05) is 0 Å².